The van der Waals surface area contributed by atoms with E-state index in [-0.39, 0.29) is 17.5 Å². The van der Waals surface area contributed by atoms with Crippen molar-refractivity contribution in [3.8, 4) is 5.75 Å². The topological polar surface area (TPSA) is 83.7 Å². The second-order valence-corrected chi connectivity index (χ2v) is 5.26. The van der Waals surface area contributed by atoms with Crippen LogP contribution in [0.3, 0.4) is 0 Å². The second kappa shape index (κ2) is 7.61. The molecule has 1 aromatic rings. The van der Waals surface area contributed by atoms with Crippen LogP contribution in [0.5, 0.6) is 5.75 Å². The monoisotopic (exact) mass is 294 g/mol. The summed E-state index contributed by atoms with van der Waals surface area (Å²) in [5, 5.41) is 20.3. The first-order valence-electron chi connectivity index (χ1n) is 7.16. The van der Waals surface area contributed by atoms with Crippen molar-refractivity contribution >= 4 is 11.6 Å². The van der Waals surface area contributed by atoms with Gasteiger partial charge in [0.15, 0.2) is 5.75 Å². The van der Waals surface area contributed by atoms with E-state index in [0.29, 0.717) is 6.54 Å². The predicted octanol–water partition coefficient (Wildman–Crippen LogP) is 3.34. The Kier molecular flexibility index (Phi) is 6.14. The van der Waals surface area contributed by atoms with E-state index < -0.39 is 16.4 Å². The van der Waals surface area contributed by atoms with E-state index in [4.69, 9.17) is 0 Å². The van der Waals surface area contributed by atoms with Gasteiger partial charge >= 0.3 is 5.69 Å². The van der Waals surface area contributed by atoms with Gasteiger partial charge in [-0.1, -0.05) is 19.8 Å². The van der Waals surface area contributed by atoms with Gasteiger partial charge in [-0.05, 0) is 32.4 Å². The third kappa shape index (κ3) is 4.44. The van der Waals surface area contributed by atoms with Gasteiger partial charge in [0.2, 0.25) is 0 Å². The minimum Gasteiger partial charge on any atom is -0.502 e. The van der Waals surface area contributed by atoms with Crippen LogP contribution in [0.25, 0.3) is 0 Å². The summed E-state index contributed by atoms with van der Waals surface area (Å²) in [4.78, 5) is 24.2. The maximum atomic E-state index is 12.5. The van der Waals surface area contributed by atoms with Crippen molar-refractivity contribution in [1.29, 1.82) is 0 Å². The summed E-state index contributed by atoms with van der Waals surface area (Å²) in [6, 6.07) is 3.74. The first kappa shape index (κ1) is 16.9. The Morgan fingerprint density at radius 1 is 1.38 bits per heavy atom. The van der Waals surface area contributed by atoms with Crippen molar-refractivity contribution in [2.24, 2.45) is 0 Å². The molecule has 0 atom stereocenters. The van der Waals surface area contributed by atoms with E-state index in [9.17, 15) is 20.0 Å². The Hall–Kier alpha value is -2.11. The molecular weight excluding hydrogens is 272 g/mol. The maximum absolute atomic E-state index is 12.5. The highest BCUT2D eigenvalue weighted by molar-refractivity contribution is 5.95. The smallest absolute Gasteiger partial charge is 0.310 e. The normalized spacial score (nSPS) is 10.7. The standard InChI is InChI=1S/C15H22N2O4/c1-4-5-6-9-16(11(2)3)15(19)12-7-8-13(17(20)21)14(18)10-12/h7-8,10-11,18H,4-6,9H2,1-3H3. The lowest BCUT2D eigenvalue weighted by molar-refractivity contribution is -0.385. The molecule has 0 aromatic heterocycles. The van der Waals surface area contributed by atoms with E-state index in [0.717, 1.165) is 31.4 Å². The summed E-state index contributed by atoms with van der Waals surface area (Å²) in [5.74, 6) is -0.700. The van der Waals surface area contributed by atoms with Crippen LogP contribution in [0.15, 0.2) is 18.2 Å². The highest BCUT2D eigenvalue weighted by Gasteiger charge is 2.21. The molecule has 116 valence electrons. The number of carbonyl (C=O) groups excluding carboxylic acids is 1. The van der Waals surface area contributed by atoms with Gasteiger partial charge in [0.1, 0.15) is 0 Å². The number of nitro groups is 1. The molecule has 0 unspecified atom stereocenters. The first-order valence-corrected chi connectivity index (χ1v) is 7.16. The summed E-state index contributed by atoms with van der Waals surface area (Å²) < 4.78 is 0. The van der Waals surface area contributed by atoms with Crippen LogP contribution in [-0.2, 0) is 0 Å². The number of hydrogen-bond acceptors (Lipinski definition) is 4. The lowest BCUT2D eigenvalue weighted by atomic mass is 10.1. The molecule has 0 spiro atoms. The van der Waals surface area contributed by atoms with Crippen molar-refractivity contribution < 1.29 is 14.8 Å². The molecule has 1 rings (SSSR count). The molecule has 0 saturated carbocycles. The molecule has 0 fully saturated rings. The van der Waals surface area contributed by atoms with Crippen LogP contribution in [0.4, 0.5) is 5.69 Å². The lowest BCUT2D eigenvalue weighted by Gasteiger charge is -2.27. The lowest BCUT2D eigenvalue weighted by Crippen LogP contribution is -2.37. The number of unbranched alkanes of at least 4 members (excludes halogenated alkanes) is 2. The van der Waals surface area contributed by atoms with E-state index >= 15 is 0 Å². The number of aromatic hydroxyl groups is 1. The molecule has 0 aliphatic heterocycles. The number of benzene rings is 1. The van der Waals surface area contributed by atoms with Gasteiger partial charge in [-0.2, -0.15) is 0 Å². The van der Waals surface area contributed by atoms with Crippen molar-refractivity contribution in [3.63, 3.8) is 0 Å². The van der Waals surface area contributed by atoms with Gasteiger partial charge in [0.05, 0.1) is 4.92 Å². The van der Waals surface area contributed by atoms with Gasteiger partial charge in [-0.15, -0.1) is 0 Å². The van der Waals surface area contributed by atoms with Gasteiger partial charge in [-0.3, -0.25) is 14.9 Å². The summed E-state index contributed by atoms with van der Waals surface area (Å²) >= 11 is 0. The molecule has 1 N–H and O–H groups in total. The van der Waals surface area contributed by atoms with Crippen LogP contribution < -0.4 is 0 Å². The molecule has 21 heavy (non-hydrogen) atoms. The molecule has 0 aliphatic carbocycles. The Morgan fingerprint density at radius 2 is 2.05 bits per heavy atom. The molecule has 1 aromatic carbocycles. The first-order chi connectivity index (χ1) is 9.88. The zero-order valence-corrected chi connectivity index (χ0v) is 12.7. The van der Waals surface area contributed by atoms with Crippen LogP contribution in [0.1, 0.15) is 50.4 Å². The molecule has 0 radical (unpaired) electrons. The zero-order valence-electron chi connectivity index (χ0n) is 12.7. The average molecular weight is 294 g/mol. The largest absolute Gasteiger partial charge is 0.502 e. The van der Waals surface area contributed by atoms with Crippen LogP contribution in [0.2, 0.25) is 0 Å². The van der Waals surface area contributed by atoms with E-state index in [1.165, 1.54) is 6.07 Å². The van der Waals surface area contributed by atoms with Crippen molar-refractivity contribution in [3.05, 3.63) is 33.9 Å². The third-order valence-electron chi connectivity index (χ3n) is 3.31. The quantitative estimate of drug-likeness (QED) is 0.475. The number of nitro benzene ring substituents is 1. The van der Waals surface area contributed by atoms with Crippen molar-refractivity contribution in [1.82, 2.24) is 4.90 Å². The van der Waals surface area contributed by atoms with Crippen molar-refractivity contribution in [2.75, 3.05) is 6.54 Å². The summed E-state index contributed by atoms with van der Waals surface area (Å²) in [6.45, 7) is 6.59. The predicted molar refractivity (Wildman–Crippen MR) is 80.5 cm³/mol. The number of nitrogens with zero attached hydrogens (tertiary/aromatic N) is 2. The highest BCUT2D eigenvalue weighted by Crippen LogP contribution is 2.27. The van der Waals surface area contributed by atoms with Gasteiger partial charge in [-0.25, -0.2) is 0 Å². The van der Waals surface area contributed by atoms with Gasteiger partial charge in [0.25, 0.3) is 5.91 Å². The van der Waals surface area contributed by atoms with Crippen molar-refractivity contribution in [2.45, 2.75) is 46.1 Å². The van der Waals surface area contributed by atoms with Crippen LogP contribution >= 0.6 is 0 Å². The molecule has 0 saturated heterocycles. The fourth-order valence-corrected chi connectivity index (χ4v) is 2.10. The summed E-state index contributed by atoms with van der Waals surface area (Å²) in [7, 11) is 0. The number of amides is 1. The number of phenols is 1. The summed E-state index contributed by atoms with van der Waals surface area (Å²) in [6.07, 6.45) is 3.03. The Balaban J connectivity index is 2.93. The molecule has 0 aliphatic rings. The Labute approximate surface area is 124 Å². The molecule has 0 heterocycles. The number of phenolic OH excluding ortho intramolecular Hbond substituents is 1. The number of hydrogen-bond donors (Lipinski definition) is 1. The maximum Gasteiger partial charge on any atom is 0.310 e. The zero-order chi connectivity index (χ0) is 16.0. The molecule has 6 nitrogen and oxygen atoms in total. The third-order valence-corrected chi connectivity index (χ3v) is 3.31. The minimum absolute atomic E-state index is 0.0340. The average Bonchev–Trinajstić information content (AvgIpc) is 2.42. The molecule has 1 amide bonds. The van der Waals surface area contributed by atoms with Crippen LogP contribution in [-0.4, -0.2) is 33.4 Å². The fraction of sp³-hybridized carbons (Fsp3) is 0.533. The van der Waals surface area contributed by atoms with E-state index in [2.05, 4.69) is 6.92 Å². The molecule has 0 bridgehead atoms. The number of rotatable bonds is 7. The highest BCUT2D eigenvalue weighted by atomic mass is 16.6. The molecule has 6 heteroatoms. The minimum atomic E-state index is -0.676. The van der Waals surface area contributed by atoms with E-state index in [1.807, 2.05) is 13.8 Å². The van der Waals surface area contributed by atoms with Gasteiger partial charge < -0.3 is 10.0 Å². The Bertz CT molecular complexity index is 514. The van der Waals surface area contributed by atoms with E-state index in [1.54, 1.807) is 4.90 Å². The van der Waals surface area contributed by atoms with Crippen LogP contribution in [0, 0.1) is 10.1 Å². The Morgan fingerprint density at radius 3 is 2.52 bits per heavy atom. The number of carbonyl (C=O) groups is 1. The second-order valence-electron chi connectivity index (χ2n) is 5.26. The van der Waals surface area contributed by atoms with Gasteiger partial charge in [0, 0.05) is 24.2 Å². The SMILES string of the molecule is CCCCCN(C(=O)c1ccc([N+](=O)[O-])c(O)c1)C(C)C. The molecular formula is C15H22N2O4. The summed E-state index contributed by atoms with van der Waals surface area (Å²) in [5.41, 5.74) is -0.128. The fourth-order valence-electron chi connectivity index (χ4n) is 2.10.